The Balaban J connectivity index is 2.17. The first-order chi connectivity index (χ1) is 9.16. The summed E-state index contributed by atoms with van der Waals surface area (Å²) in [6.45, 7) is 0. The van der Waals surface area contributed by atoms with Crippen molar-refractivity contribution in [3.05, 3.63) is 69.3 Å². The second-order valence-corrected chi connectivity index (χ2v) is 5.49. The van der Waals surface area contributed by atoms with Crippen molar-refractivity contribution in [1.29, 1.82) is 0 Å². The Hall–Kier alpha value is -1.58. The molecule has 0 fully saturated rings. The minimum absolute atomic E-state index is 0.0411. The molecule has 19 heavy (non-hydrogen) atoms. The molecule has 3 rings (SSSR count). The Morgan fingerprint density at radius 1 is 1.16 bits per heavy atom. The predicted molar refractivity (Wildman–Crippen MR) is 80.9 cm³/mol. The number of aromatic nitrogens is 1. The molecule has 0 spiro atoms. The molecule has 0 aliphatic rings. The third-order valence-corrected chi connectivity index (χ3v) is 3.88. The minimum Gasteiger partial charge on any atom is -0.360 e. The molecule has 0 saturated carbocycles. The van der Waals surface area contributed by atoms with Gasteiger partial charge in [0, 0.05) is 37.7 Å². The van der Waals surface area contributed by atoms with Gasteiger partial charge in [0.25, 0.3) is 0 Å². The van der Waals surface area contributed by atoms with Gasteiger partial charge in [0.15, 0.2) is 5.78 Å². The fourth-order valence-electron chi connectivity index (χ4n) is 2.10. The van der Waals surface area contributed by atoms with E-state index >= 15 is 0 Å². The van der Waals surface area contributed by atoms with Crippen molar-refractivity contribution >= 4 is 44.2 Å². The molecule has 0 unspecified atom stereocenters. The van der Waals surface area contributed by atoms with Crippen LogP contribution in [0, 0.1) is 0 Å². The summed E-state index contributed by atoms with van der Waals surface area (Å²) in [5.74, 6) is -0.0411. The van der Waals surface area contributed by atoms with Gasteiger partial charge in [-0.25, -0.2) is 0 Å². The fraction of sp³-hybridized carbons (Fsp3) is 0. The number of hydrogen-bond acceptors (Lipinski definition) is 1. The largest absolute Gasteiger partial charge is 0.360 e. The molecule has 0 aliphatic carbocycles. The molecule has 4 heteroatoms. The quantitative estimate of drug-likeness (QED) is 0.670. The first-order valence-corrected chi connectivity index (χ1v) is 6.90. The number of hydrogen-bond donors (Lipinski definition) is 1. The van der Waals surface area contributed by atoms with Crippen LogP contribution in [-0.4, -0.2) is 10.8 Å². The number of aromatic amines is 1. The van der Waals surface area contributed by atoms with E-state index in [-0.39, 0.29) is 5.78 Å². The van der Waals surface area contributed by atoms with E-state index < -0.39 is 0 Å². The highest BCUT2D eigenvalue weighted by Gasteiger charge is 2.16. The van der Waals surface area contributed by atoms with Gasteiger partial charge in [0.2, 0.25) is 0 Å². The van der Waals surface area contributed by atoms with Gasteiger partial charge in [-0.1, -0.05) is 45.7 Å². The van der Waals surface area contributed by atoms with Crippen LogP contribution >= 0.6 is 27.5 Å². The van der Waals surface area contributed by atoms with Crippen LogP contribution in [0.2, 0.25) is 5.02 Å². The number of H-pyrrole nitrogens is 1. The van der Waals surface area contributed by atoms with Gasteiger partial charge in [-0.05, 0) is 24.3 Å². The van der Waals surface area contributed by atoms with Gasteiger partial charge in [-0.15, -0.1) is 0 Å². The van der Waals surface area contributed by atoms with Gasteiger partial charge >= 0.3 is 0 Å². The van der Waals surface area contributed by atoms with Crippen LogP contribution in [-0.2, 0) is 0 Å². The maximum absolute atomic E-state index is 12.5. The summed E-state index contributed by atoms with van der Waals surface area (Å²) < 4.78 is 0.900. The number of fused-ring (bicyclic) bond motifs is 1. The molecule has 0 amide bonds. The van der Waals surface area contributed by atoms with Crippen LogP contribution in [0.4, 0.5) is 0 Å². The van der Waals surface area contributed by atoms with Crippen molar-refractivity contribution in [2.45, 2.75) is 0 Å². The molecule has 0 radical (unpaired) electrons. The van der Waals surface area contributed by atoms with Crippen LogP contribution in [0.25, 0.3) is 10.9 Å². The Kier molecular flexibility index (Phi) is 3.17. The van der Waals surface area contributed by atoms with E-state index in [0.29, 0.717) is 16.1 Å². The molecular formula is C15H9BrClNO. The summed E-state index contributed by atoms with van der Waals surface area (Å²) in [4.78, 5) is 15.6. The zero-order chi connectivity index (χ0) is 13.4. The zero-order valence-electron chi connectivity index (χ0n) is 9.78. The molecule has 1 N–H and O–H groups in total. The van der Waals surface area contributed by atoms with E-state index in [1.54, 1.807) is 30.5 Å². The van der Waals surface area contributed by atoms with E-state index in [1.165, 1.54) is 0 Å². The van der Waals surface area contributed by atoms with Gasteiger partial charge in [-0.2, -0.15) is 0 Å². The topological polar surface area (TPSA) is 32.9 Å². The van der Waals surface area contributed by atoms with Gasteiger partial charge in [0.05, 0.1) is 0 Å². The Morgan fingerprint density at radius 3 is 2.74 bits per heavy atom. The molecule has 0 saturated heterocycles. The molecule has 0 bridgehead atoms. The maximum atomic E-state index is 12.5. The molecular weight excluding hydrogens is 326 g/mol. The summed E-state index contributed by atoms with van der Waals surface area (Å²) >= 11 is 9.41. The second kappa shape index (κ2) is 4.83. The summed E-state index contributed by atoms with van der Waals surface area (Å²) in [6, 6.07) is 12.8. The van der Waals surface area contributed by atoms with Crippen LogP contribution in [0.3, 0.4) is 0 Å². The normalized spacial score (nSPS) is 10.8. The SMILES string of the molecule is O=C(c1cccc(Cl)c1)c1c[nH]c2cccc(Br)c12. The van der Waals surface area contributed by atoms with Crippen LogP contribution in [0.5, 0.6) is 0 Å². The third-order valence-electron chi connectivity index (χ3n) is 2.99. The zero-order valence-corrected chi connectivity index (χ0v) is 12.1. The molecule has 0 atom stereocenters. The van der Waals surface area contributed by atoms with E-state index in [1.807, 2.05) is 18.2 Å². The first-order valence-electron chi connectivity index (χ1n) is 5.72. The number of carbonyl (C=O) groups excluding carboxylic acids is 1. The number of nitrogens with one attached hydrogen (secondary N) is 1. The molecule has 3 aromatic rings. The van der Waals surface area contributed by atoms with E-state index in [4.69, 9.17) is 11.6 Å². The van der Waals surface area contributed by atoms with E-state index in [2.05, 4.69) is 20.9 Å². The third kappa shape index (κ3) is 2.20. The Morgan fingerprint density at radius 2 is 1.95 bits per heavy atom. The van der Waals surface area contributed by atoms with E-state index in [0.717, 1.165) is 15.4 Å². The molecule has 1 heterocycles. The minimum atomic E-state index is -0.0411. The highest BCUT2D eigenvalue weighted by Crippen LogP contribution is 2.28. The predicted octanol–water partition coefficient (Wildman–Crippen LogP) is 4.81. The lowest BCUT2D eigenvalue weighted by atomic mass is 10.0. The highest BCUT2D eigenvalue weighted by atomic mass is 79.9. The van der Waals surface area contributed by atoms with Crippen LogP contribution < -0.4 is 0 Å². The summed E-state index contributed by atoms with van der Waals surface area (Å²) in [7, 11) is 0. The number of rotatable bonds is 2. The van der Waals surface area contributed by atoms with Crippen molar-refractivity contribution in [3.63, 3.8) is 0 Å². The standard InChI is InChI=1S/C15H9BrClNO/c16-12-5-2-6-13-14(12)11(8-18-13)15(19)9-3-1-4-10(17)7-9/h1-8,18H. The fourth-order valence-corrected chi connectivity index (χ4v) is 2.87. The van der Waals surface area contributed by atoms with E-state index in [9.17, 15) is 4.79 Å². The molecule has 1 aromatic heterocycles. The number of carbonyl (C=O) groups is 1. The highest BCUT2D eigenvalue weighted by molar-refractivity contribution is 9.10. The van der Waals surface area contributed by atoms with Crippen molar-refractivity contribution < 1.29 is 4.79 Å². The number of halogens is 2. The van der Waals surface area contributed by atoms with Gasteiger partial charge in [0.1, 0.15) is 0 Å². The van der Waals surface area contributed by atoms with Crippen molar-refractivity contribution in [1.82, 2.24) is 4.98 Å². The Bertz CT molecular complexity index is 779. The maximum Gasteiger partial charge on any atom is 0.195 e. The lowest BCUT2D eigenvalue weighted by molar-refractivity contribution is 0.104. The van der Waals surface area contributed by atoms with Gasteiger partial charge in [-0.3, -0.25) is 4.79 Å². The second-order valence-electron chi connectivity index (χ2n) is 4.20. The van der Waals surface area contributed by atoms with Gasteiger partial charge < -0.3 is 4.98 Å². The summed E-state index contributed by atoms with van der Waals surface area (Å²) in [5.41, 5.74) is 2.16. The van der Waals surface area contributed by atoms with Crippen molar-refractivity contribution in [2.24, 2.45) is 0 Å². The van der Waals surface area contributed by atoms with Crippen LogP contribution in [0.15, 0.2) is 53.1 Å². The molecule has 2 aromatic carbocycles. The summed E-state index contributed by atoms with van der Waals surface area (Å²) in [6.07, 6.45) is 1.73. The molecule has 94 valence electrons. The molecule has 2 nitrogen and oxygen atoms in total. The monoisotopic (exact) mass is 333 g/mol. The first kappa shape index (κ1) is 12.5. The average Bonchev–Trinajstić information content (AvgIpc) is 2.83. The van der Waals surface area contributed by atoms with Crippen LogP contribution in [0.1, 0.15) is 15.9 Å². The summed E-state index contributed by atoms with van der Waals surface area (Å²) in [5, 5.41) is 1.46. The van der Waals surface area contributed by atoms with Crippen molar-refractivity contribution in [2.75, 3.05) is 0 Å². The number of ketones is 1. The lowest BCUT2D eigenvalue weighted by Gasteiger charge is -2.01. The Labute approximate surface area is 123 Å². The smallest absolute Gasteiger partial charge is 0.195 e. The average molecular weight is 335 g/mol. The number of benzene rings is 2. The van der Waals surface area contributed by atoms with Crippen molar-refractivity contribution in [3.8, 4) is 0 Å². The lowest BCUT2D eigenvalue weighted by Crippen LogP contribution is -2.00. The molecule has 0 aliphatic heterocycles.